The van der Waals surface area contributed by atoms with Gasteiger partial charge in [-0.05, 0) is 11.5 Å². The first-order valence-corrected chi connectivity index (χ1v) is 8.17. The van der Waals surface area contributed by atoms with E-state index in [2.05, 4.69) is 4.98 Å². The second-order valence-electron chi connectivity index (χ2n) is 6.62. The molecule has 0 bridgehead atoms. The number of rotatable bonds is 5. The number of fused-ring (bicyclic) bond motifs is 1. The molecule has 0 aliphatic rings. The van der Waals surface area contributed by atoms with E-state index in [1.54, 1.807) is 16.7 Å². The first-order chi connectivity index (χ1) is 12.3. The molecule has 0 N–H and O–H groups in total. The Labute approximate surface area is 148 Å². The van der Waals surface area contributed by atoms with Crippen LogP contribution in [0.15, 0.2) is 40.2 Å². The summed E-state index contributed by atoms with van der Waals surface area (Å²) < 4.78 is 4.25. The van der Waals surface area contributed by atoms with Crippen LogP contribution in [0.25, 0.3) is 11.2 Å². The first-order valence-electron chi connectivity index (χ1n) is 8.17. The van der Waals surface area contributed by atoms with Crippen molar-refractivity contribution in [3.05, 3.63) is 67.1 Å². The highest BCUT2D eigenvalue weighted by Gasteiger charge is 2.17. The molecule has 2 aromatic heterocycles. The number of nitro benzene ring substituents is 1. The average Bonchev–Trinajstić information content (AvgIpc) is 3.00. The molecule has 0 aliphatic heterocycles. The molecular formula is C17H19N5O4. The van der Waals surface area contributed by atoms with Crippen molar-refractivity contribution in [2.45, 2.75) is 26.9 Å². The SMILES string of the molecule is CC(C)Cn1c(=O)n(C)c(=O)c2c1ncn2Cc1ccc([N+](=O)[O-])cc1. The number of non-ortho nitro benzene ring substituents is 1. The van der Waals surface area contributed by atoms with Crippen LogP contribution >= 0.6 is 0 Å². The van der Waals surface area contributed by atoms with E-state index < -0.39 is 16.2 Å². The quantitative estimate of drug-likeness (QED) is 0.508. The van der Waals surface area contributed by atoms with Gasteiger partial charge >= 0.3 is 5.69 Å². The highest BCUT2D eigenvalue weighted by atomic mass is 16.6. The van der Waals surface area contributed by atoms with Gasteiger partial charge in [-0.2, -0.15) is 0 Å². The number of hydrogen-bond acceptors (Lipinski definition) is 5. The monoisotopic (exact) mass is 357 g/mol. The third kappa shape index (κ3) is 3.03. The van der Waals surface area contributed by atoms with E-state index in [0.29, 0.717) is 24.3 Å². The molecule has 0 spiro atoms. The van der Waals surface area contributed by atoms with Crippen molar-refractivity contribution < 1.29 is 4.92 Å². The Bertz CT molecular complexity index is 1090. The van der Waals surface area contributed by atoms with Crippen LogP contribution in [0.2, 0.25) is 0 Å². The summed E-state index contributed by atoms with van der Waals surface area (Å²) in [5.41, 5.74) is 0.686. The lowest BCUT2D eigenvalue weighted by Gasteiger charge is -2.12. The van der Waals surface area contributed by atoms with Crippen LogP contribution < -0.4 is 11.2 Å². The standard InChI is InChI=1S/C17H19N5O4/c1-11(2)8-21-15-14(16(23)19(3)17(21)24)20(10-18-15)9-12-4-6-13(7-5-12)22(25)26/h4-7,10-11H,8-9H2,1-3H3. The number of benzene rings is 1. The lowest BCUT2D eigenvalue weighted by Crippen LogP contribution is -2.39. The Kier molecular flexibility index (Phi) is 4.45. The summed E-state index contributed by atoms with van der Waals surface area (Å²) in [7, 11) is 1.45. The maximum Gasteiger partial charge on any atom is 0.332 e. The van der Waals surface area contributed by atoms with Gasteiger partial charge in [0.25, 0.3) is 11.2 Å². The molecule has 3 rings (SSSR count). The van der Waals surface area contributed by atoms with Crippen LogP contribution in [0.4, 0.5) is 5.69 Å². The molecule has 3 aromatic rings. The molecule has 0 saturated carbocycles. The third-order valence-corrected chi connectivity index (χ3v) is 4.15. The van der Waals surface area contributed by atoms with Gasteiger partial charge in [-0.3, -0.25) is 24.0 Å². The fourth-order valence-electron chi connectivity index (χ4n) is 2.87. The summed E-state index contributed by atoms with van der Waals surface area (Å²) in [6.07, 6.45) is 1.52. The first kappa shape index (κ1) is 17.6. The zero-order chi connectivity index (χ0) is 19.0. The van der Waals surface area contributed by atoms with E-state index in [9.17, 15) is 19.7 Å². The summed E-state index contributed by atoms with van der Waals surface area (Å²) >= 11 is 0. The van der Waals surface area contributed by atoms with Crippen molar-refractivity contribution in [2.24, 2.45) is 13.0 Å². The van der Waals surface area contributed by atoms with E-state index in [4.69, 9.17) is 0 Å². The minimum Gasteiger partial charge on any atom is -0.320 e. The fraction of sp³-hybridized carbons (Fsp3) is 0.353. The highest BCUT2D eigenvalue weighted by Crippen LogP contribution is 2.15. The van der Waals surface area contributed by atoms with Gasteiger partial charge in [0.05, 0.1) is 11.3 Å². The smallest absolute Gasteiger partial charge is 0.320 e. The van der Waals surface area contributed by atoms with Gasteiger partial charge in [0.1, 0.15) is 0 Å². The Morgan fingerprint density at radius 3 is 2.42 bits per heavy atom. The van der Waals surface area contributed by atoms with Gasteiger partial charge in [-0.25, -0.2) is 9.78 Å². The van der Waals surface area contributed by atoms with Crippen LogP contribution in [0, 0.1) is 16.0 Å². The predicted octanol–water partition coefficient (Wildman–Crippen LogP) is 1.51. The summed E-state index contributed by atoms with van der Waals surface area (Å²) in [4.78, 5) is 39.6. The van der Waals surface area contributed by atoms with Gasteiger partial charge in [0.2, 0.25) is 0 Å². The molecule has 9 heteroatoms. The molecule has 1 aromatic carbocycles. The molecule has 0 amide bonds. The molecule has 0 unspecified atom stereocenters. The van der Waals surface area contributed by atoms with E-state index >= 15 is 0 Å². The van der Waals surface area contributed by atoms with E-state index in [-0.39, 0.29) is 11.6 Å². The molecule has 9 nitrogen and oxygen atoms in total. The van der Waals surface area contributed by atoms with Crippen molar-refractivity contribution in [1.82, 2.24) is 18.7 Å². The van der Waals surface area contributed by atoms with E-state index in [0.717, 1.165) is 10.1 Å². The van der Waals surface area contributed by atoms with Gasteiger partial charge < -0.3 is 4.57 Å². The number of nitro groups is 1. The highest BCUT2D eigenvalue weighted by molar-refractivity contribution is 5.70. The van der Waals surface area contributed by atoms with Gasteiger partial charge in [-0.1, -0.05) is 26.0 Å². The van der Waals surface area contributed by atoms with E-state index in [1.165, 1.54) is 30.1 Å². The number of nitrogens with zero attached hydrogens (tertiary/aromatic N) is 5. The minimum absolute atomic E-state index is 0.00549. The van der Waals surface area contributed by atoms with Crippen LogP contribution in [0.5, 0.6) is 0 Å². The predicted molar refractivity (Wildman–Crippen MR) is 96.3 cm³/mol. The Balaban J connectivity index is 2.10. The van der Waals surface area contributed by atoms with Crippen LogP contribution in [-0.2, 0) is 20.1 Å². The molecule has 136 valence electrons. The summed E-state index contributed by atoms with van der Waals surface area (Å²) in [5, 5.41) is 10.8. The topological polar surface area (TPSA) is 105 Å². The van der Waals surface area contributed by atoms with Crippen molar-refractivity contribution in [1.29, 1.82) is 0 Å². The number of aromatic nitrogens is 4. The van der Waals surface area contributed by atoms with Gasteiger partial charge in [0, 0.05) is 32.3 Å². The van der Waals surface area contributed by atoms with E-state index in [1.807, 2.05) is 13.8 Å². The molecule has 0 atom stereocenters. The molecule has 2 heterocycles. The zero-order valence-corrected chi connectivity index (χ0v) is 14.7. The van der Waals surface area contributed by atoms with Crippen LogP contribution in [0.1, 0.15) is 19.4 Å². The normalized spacial score (nSPS) is 11.4. The number of hydrogen-bond donors (Lipinski definition) is 0. The molecular weight excluding hydrogens is 338 g/mol. The molecule has 0 fully saturated rings. The fourth-order valence-corrected chi connectivity index (χ4v) is 2.87. The van der Waals surface area contributed by atoms with Crippen molar-refractivity contribution in [3.63, 3.8) is 0 Å². The molecule has 0 aliphatic carbocycles. The minimum atomic E-state index is -0.462. The van der Waals surface area contributed by atoms with Crippen LogP contribution in [-0.4, -0.2) is 23.6 Å². The second kappa shape index (κ2) is 6.58. The van der Waals surface area contributed by atoms with Crippen LogP contribution in [0.3, 0.4) is 0 Å². The Morgan fingerprint density at radius 2 is 1.85 bits per heavy atom. The molecule has 0 saturated heterocycles. The Morgan fingerprint density at radius 1 is 1.19 bits per heavy atom. The van der Waals surface area contributed by atoms with Crippen molar-refractivity contribution >= 4 is 16.9 Å². The average molecular weight is 357 g/mol. The second-order valence-corrected chi connectivity index (χ2v) is 6.62. The summed E-state index contributed by atoms with van der Waals surface area (Å²) in [5.74, 6) is 0.216. The maximum atomic E-state index is 12.6. The van der Waals surface area contributed by atoms with Gasteiger partial charge in [-0.15, -0.1) is 0 Å². The zero-order valence-electron chi connectivity index (χ0n) is 14.7. The van der Waals surface area contributed by atoms with Crippen molar-refractivity contribution in [2.75, 3.05) is 0 Å². The number of imidazole rings is 1. The third-order valence-electron chi connectivity index (χ3n) is 4.15. The molecule has 26 heavy (non-hydrogen) atoms. The van der Waals surface area contributed by atoms with Crippen molar-refractivity contribution in [3.8, 4) is 0 Å². The lowest BCUT2D eigenvalue weighted by atomic mass is 10.2. The lowest BCUT2D eigenvalue weighted by molar-refractivity contribution is -0.384. The summed E-state index contributed by atoms with van der Waals surface area (Å²) in [6.45, 7) is 4.75. The Hall–Kier alpha value is -3.23. The molecule has 0 radical (unpaired) electrons. The largest absolute Gasteiger partial charge is 0.332 e. The van der Waals surface area contributed by atoms with Gasteiger partial charge in [0.15, 0.2) is 11.2 Å². The maximum absolute atomic E-state index is 12.6. The summed E-state index contributed by atoms with van der Waals surface area (Å²) in [6, 6.07) is 6.11.